The molecule has 1 nitrogen and oxygen atoms in total. The molecule has 0 aromatic carbocycles. The Bertz CT molecular complexity index is 199. The van der Waals surface area contributed by atoms with Gasteiger partial charge in [-0.1, -0.05) is 11.8 Å². The summed E-state index contributed by atoms with van der Waals surface area (Å²) in [6, 6.07) is 0. The maximum Gasteiger partial charge on any atom is 0.251 e. The third-order valence-corrected chi connectivity index (χ3v) is 2.53. The molecule has 0 heterocycles. The summed E-state index contributed by atoms with van der Waals surface area (Å²) in [5.41, 5.74) is 0. The minimum Gasteiger partial charge on any atom is -0.288 e. The molecule has 0 amide bonds. The molecule has 0 aliphatic carbocycles. The largest absolute Gasteiger partial charge is 0.288 e. The van der Waals surface area contributed by atoms with E-state index < -0.39 is 38.0 Å². The molecule has 0 saturated heterocycles. The monoisotopic (exact) mass is 246 g/mol. The Balaban J connectivity index is 3.79. The number of hydrogen-bond acceptors (Lipinski definition) is 2. The van der Waals surface area contributed by atoms with Crippen molar-refractivity contribution in [1.82, 2.24) is 0 Å². The van der Waals surface area contributed by atoms with Crippen LogP contribution in [0.2, 0.25) is 0 Å². The highest BCUT2D eigenvalue weighted by atomic mass is 32.2. The zero-order chi connectivity index (χ0) is 11.9. The van der Waals surface area contributed by atoms with Crippen LogP contribution in [0.3, 0.4) is 0 Å². The summed E-state index contributed by atoms with van der Waals surface area (Å²) in [6.45, 7) is 0.351. The van der Waals surface area contributed by atoms with E-state index in [1.54, 1.807) is 0 Å². The normalized spacial score (nSPS) is 13.9. The van der Waals surface area contributed by atoms with Gasteiger partial charge in [-0.2, -0.15) is 0 Å². The number of carbonyl (C=O) groups is 1. The first-order chi connectivity index (χ1) is 6.87. The average Bonchev–Trinajstić information content (AvgIpc) is 2.01. The van der Waals surface area contributed by atoms with Crippen LogP contribution < -0.4 is 0 Å². The van der Waals surface area contributed by atoms with E-state index in [-0.39, 0.29) is 10.9 Å². The molecule has 6 heteroatoms. The Morgan fingerprint density at radius 3 is 2.53 bits per heavy atom. The zero-order valence-electron chi connectivity index (χ0n) is 8.44. The SMILES string of the molecule is CC(=O)SCCC(F)(F)CC(F)CCF. The smallest absolute Gasteiger partial charge is 0.251 e. The minimum absolute atomic E-state index is 0.0370. The van der Waals surface area contributed by atoms with Crippen molar-refractivity contribution in [2.75, 3.05) is 12.4 Å². The first-order valence-electron chi connectivity index (χ1n) is 4.58. The molecule has 0 spiro atoms. The van der Waals surface area contributed by atoms with Gasteiger partial charge in [0.1, 0.15) is 6.17 Å². The second-order valence-electron chi connectivity index (χ2n) is 3.23. The minimum atomic E-state index is -3.16. The third-order valence-electron chi connectivity index (χ3n) is 1.72. The number of thioether (sulfide) groups is 1. The predicted molar refractivity (Wildman–Crippen MR) is 52.8 cm³/mol. The van der Waals surface area contributed by atoms with E-state index in [9.17, 15) is 22.4 Å². The molecule has 0 aromatic heterocycles. The van der Waals surface area contributed by atoms with E-state index in [0.717, 1.165) is 11.8 Å². The summed E-state index contributed by atoms with van der Waals surface area (Å²) in [4.78, 5) is 10.4. The fraction of sp³-hybridized carbons (Fsp3) is 0.889. The van der Waals surface area contributed by atoms with E-state index >= 15 is 0 Å². The topological polar surface area (TPSA) is 17.1 Å². The highest BCUT2D eigenvalue weighted by Gasteiger charge is 2.32. The Labute approximate surface area is 90.6 Å². The van der Waals surface area contributed by atoms with Gasteiger partial charge in [0.05, 0.1) is 6.67 Å². The lowest BCUT2D eigenvalue weighted by Gasteiger charge is -2.17. The van der Waals surface area contributed by atoms with Crippen LogP contribution in [0.5, 0.6) is 0 Å². The van der Waals surface area contributed by atoms with Gasteiger partial charge in [0.25, 0.3) is 5.92 Å². The van der Waals surface area contributed by atoms with Crippen LogP contribution in [0.1, 0.15) is 26.2 Å². The van der Waals surface area contributed by atoms with Crippen molar-refractivity contribution < 1.29 is 22.4 Å². The summed E-state index contributed by atoms with van der Waals surface area (Å²) >= 11 is 0.783. The van der Waals surface area contributed by atoms with E-state index in [4.69, 9.17) is 0 Å². The van der Waals surface area contributed by atoms with Gasteiger partial charge < -0.3 is 0 Å². The van der Waals surface area contributed by atoms with Gasteiger partial charge in [0, 0.05) is 31.9 Å². The average molecular weight is 246 g/mol. The lowest BCUT2D eigenvalue weighted by atomic mass is 10.1. The number of hydrogen-bond donors (Lipinski definition) is 0. The highest BCUT2D eigenvalue weighted by molar-refractivity contribution is 8.13. The van der Waals surface area contributed by atoms with E-state index in [2.05, 4.69) is 0 Å². The fourth-order valence-electron chi connectivity index (χ4n) is 0.991. The molecule has 90 valence electrons. The molecule has 1 unspecified atom stereocenters. The number of rotatable bonds is 7. The van der Waals surface area contributed by atoms with Crippen LogP contribution in [-0.4, -0.2) is 29.6 Å². The van der Waals surface area contributed by atoms with Gasteiger partial charge >= 0.3 is 0 Å². The van der Waals surface area contributed by atoms with Crippen molar-refractivity contribution in [2.24, 2.45) is 0 Å². The molecular formula is C9H14F4OS. The molecule has 0 saturated carbocycles. The summed E-state index contributed by atoms with van der Waals surface area (Å²) in [6.07, 6.45) is -3.82. The van der Waals surface area contributed by atoms with E-state index in [1.807, 2.05) is 0 Å². The molecular weight excluding hydrogens is 232 g/mol. The molecule has 15 heavy (non-hydrogen) atoms. The zero-order valence-corrected chi connectivity index (χ0v) is 9.26. The molecule has 0 fully saturated rings. The Morgan fingerprint density at radius 2 is 2.07 bits per heavy atom. The molecule has 0 rings (SSSR count). The Kier molecular flexibility index (Phi) is 6.96. The third kappa shape index (κ3) is 8.72. The molecule has 0 aliphatic rings. The van der Waals surface area contributed by atoms with Gasteiger partial charge in [-0.05, 0) is 0 Å². The van der Waals surface area contributed by atoms with Crippen molar-refractivity contribution in [1.29, 1.82) is 0 Å². The van der Waals surface area contributed by atoms with Crippen LogP contribution in [0.15, 0.2) is 0 Å². The molecule has 0 N–H and O–H groups in total. The van der Waals surface area contributed by atoms with Crippen LogP contribution in [0.4, 0.5) is 17.6 Å². The lowest BCUT2D eigenvalue weighted by molar-refractivity contribution is -0.109. The predicted octanol–water partition coefficient (Wildman–Crippen LogP) is 3.38. The maximum atomic E-state index is 13.0. The van der Waals surface area contributed by atoms with Crippen molar-refractivity contribution in [3.8, 4) is 0 Å². The Morgan fingerprint density at radius 1 is 1.47 bits per heavy atom. The first-order valence-corrected chi connectivity index (χ1v) is 5.57. The Hall–Kier alpha value is -0.260. The van der Waals surface area contributed by atoms with Crippen LogP contribution in [0.25, 0.3) is 0 Å². The number of carbonyl (C=O) groups excluding carboxylic acids is 1. The molecule has 0 aliphatic heterocycles. The summed E-state index contributed by atoms with van der Waals surface area (Å²) < 4.78 is 50.3. The second-order valence-corrected chi connectivity index (χ2v) is 4.50. The van der Waals surface area contributed by atoms with Gasteiger partial charge in [-0.3, -0.25) is 9.18 Å². The van der Waals surface area contributed by atoms with Gasteiger partial charge in [0.2, 0.25) is 0 Å². The summed E-state index contributed by atoms with van der Waals surface area (Å²) in [5.74, 6) is -3.19. The molecule has 0 radical (unpaired) electrons. The maximum absolute atomic E-state index is 13.0. The first kappa shape index (κ1) is 14.7. The molecule has 0 bridgehead atoms. The van der Waals surface area contributed by atoms with E-state index in [1.165, 1.54) is 6.92 Å². The molecule has 0 aromatic rings. The van der Waals surface area contributed by atoms with E-state index in [0.29, 0.717) is 0 Å². The number of alkyl halides is 4. The van der Waals surface area contributed by atoms with Gasteiger partial charge in [-0.15, -0.1) is 0 Å². The van der Waals surface area contributed by atoms with Crippen LogP contribution in [-0.2, 0) is 4.79 Å². The number of halogens is 4. The van der Waals surface area contributed by atoms with Crippen LogP contribution >= 0.6 is 11.8 Å². The van der Waals surface area contributed by atoms with Crippen molar-refractivity contribution in [2.45, 2.75) is 38.3 Å². The second kappa shape index (κ2) is 7.09. The highest BCUT2D eigenvalue weighted by Crippen LogP contribution is 2.28. The standard InChI is InChI=1S/C9H14F4OS/c1-7(14)15-5-3-9(12,13)6-8(11)2-4-10/h8H,2-6H2,1H3. The summed E-state index contributed by atoms with van der Waals surface area (Å²) in [5, 5.41) is -0.244. The van der Waals surface area contributed by atoms with Crippen LogP contribution in [0, 0.1) is 0 Å². The fourth-order valence-corrected chi connectivity index (χ4v) is 1.68. The van der Waals surface area contributed by atoms with Crippen molar-refractivity contribution >= 4 is 16.9 Å². The van der Waals surface area contributed by atoms with Gasteiger partial charge in [-0.25, -0.2) is 13.2 Å². The lowest BCUT2D eigenvalue weighted by Crippen LogP contribution is -2.23. The van der Waals surface area contributed by atoms with Crippen molar-refractivity contribution in [3.05, 3.63) is 0 Å². The molecule has 1 atom stereocenters. The quantitative estimate of drug-likeness (QED) is 0.640. The van der Waals surface area contributed by atoms with Gasteiger partial charge in [0.15, 0.2) is 5.12 Å². The summed E-state index contributed by atoms with van der Waals surface area (Å²) in [7, 11) is 0. The van der Waals surface area contributed by atoms with Crippen molar-refractivity contribution in [3.63, 3.8) is 0 Å².